The van der Waals surface area contributed by atoms with Gasteiger partial charge in [0.1, 0.15) is 5.69 Å². The molecule has 1 heterocycles. The van der Waals surface area contributed by atoms with Crippen molar-refractivity contribution < 1.29 is 5.21 Å². The number of oxime groups is 1. The van der Waals surface area contributed by atoms with E-state index in [-0.39, 0.29) is 5.84 Å². The standard InChI is InChI=1S/C14H26N6O/c1-4-19(5-2)10-7-11-20(6-3)14-16-9-8-12(17-14)13(15)18-21/h8-9,21H,4-7,10-11H2,1-3H3,(H2,15,18). The third-order valence-electron chi connectivity index (χ3n) is 3.47. The van der Waals surface area contributed by atoms with Gasteiger partial charge in [0, 0.05) is 19.3 Å². The van der Waals surface area contributed by atoms with Gasteiger partial charge >= 0.3 is 0 Å². The highest BCUT2D eigenvalue weighted by Crippen LogP contribution is 2.08. The molecule has 1 aromatic rings. The lowest BCUT2D eigenvalue weighted by atomic mass is 10.3. The van der Waals surface area contributed by atoms with Gasteiger partial charge in [0.05, 0.1) is 0 Å². The lowest BCUT2D eigenvalue weighted by Crippen LogP contribution is -2.31. The second-order valence-corrected chi connectivity index (χ2v) is 4.69. The van der Waals surface area contributed by atoms with Crippen LogP contribution in [0.4, 0.5) is 5.95 Å². The zero-order valence-electron chi connectivity index (χ0n) is 13.2. The molecule has 7 heteroatoms. The maximum atomic E-state index is 8.72. The molecule has 118 valence electrons. The quantitative estimate of drug-likeness (QED) is 0.307. The number of rotatable bonds is 9. The van der Waals surface area contributed by atoms with Crippen LogP contribution in [0.25, 0.3) is 0 Å². The summed E-state index contributed by atoms with van der Waals surface area (Å²) in [4.78, 5) is 13.1. The van der Waals surface area contributed by atoms with Crippen LogP contribution in [0.15, 0.2) is 17.4 Å². The highest BCUT2D eigenvalue weighted by Gasteiger charge is 2.10. The Kier molecular flexibility index (Phi) is 7.45. The Balaban J connectivity index is 2.67. The number of amidine groups is 1. The molecule has 1 rings (SSSR count). The van der Waals surface area contributed by atoms with E-state index in [1.807, 2.05) is 0 Å². The summed E-state index contributed by atoms with van der Waals surface area (Å²) >= 11 is 0. The van der Waals surface area contributed by atoms with Crippen LogP contribution in [0, 0.1) is 0 Å². The maximum absolute atomic E-state index is 8.72. The number of aromatic nitrogens is 2. The Bertz CT molecular complexity index is 447. The number of hydrogen-bond donors (Lipinski definition) is 2. The van der Waals surface area contributed by atoms with Crippen LogP contribution < -0.4 is 10.6 Å². The normalized spacial score (nSPS) is 11.9. The first-order chi connectivity index (χ1) is 10.2. The van der Waals surface area contributed by atoms with E-state index in [9.17, 15) is 0 Å². The lowest BCUT2D eigenvalue weighted by Gasteiger charge is -2.23. The Morgan fingerprint density at radius 1 is 1.24 bits per heavy atom. The van der Waals surface area contributed by atoms with Gasteiger partial charge in [0.2, 0.25) is 5.95 Å². The molecule has 3 N–H and O–H groups in total. The van der Waals surface area contributed by atoms with Gasteiger partial charge in [0.25, 0.3) is 0 Å². The average molecular weight is 294 g/mol. The zero-order chi connectivity index (χ0) is 15.7. The van der Waals surface area contributed by atoms with E-state index in [2.05, 4.69) is 45.7 Å². The molecule has 0 fully saturated rings. The van der Waals surface area contributed by atoms with Crippen molar-refractivity contribution in [1.82, 2.24) is 14.9 Å². The summed E-state index contributed by atoms with van der Waals surface area (Å²) in [6.45, 7) is 11.3. The number of anilines is 1. The minimum atomic E-state index is -0.00200. The van der Waals surface area contributed by atoms with Crippen molar-refractivity contribution in [2.45, 2.75) is 27.2 Å². The molecule has 0 aliphatic rings. The first-order valence-corrected chi connectivity index (χ1v) is 7.44. The third kappa shape index (κ3) is 5.18. The van der Waals surface area contributed by atoms with Crippen LogP contribution >= 0.6 is 0 Å². The predicted molar refractivity (Wildman–Crippen MR) is 84.8 cm³/mol. The SMILES string of the molecule is CCN(CC)CCCN(CC)c1nccc(/C(N)=N/O)n1. The van der Waals surface area contributed by atoms with Crippen LogP contribution in [0.1, 0.15) is 32.9 Å². The van der Waals surface area contributed by atoms with Gasteiger partial charge in [-0.1, -0.05) is 19.0 Å². The van der Waals surface area contributed by atoms with E-state index < -0.39 is 0 Å². The molecule has 0 radical (unpaired) electrons. The molecule has 0 aliphatic carbocycles. The van der Waals surface area contributed by atoms with Crippen LogP contribution in [0.5, 0.6) is 0 Å². The first-order valence-electron chi connectivity index (χ1n) is 7.44. The lowest BCUT2D eigenvalue weighted by molar-refractivity contribution is 0.300. The van der Waals surface area contributed by atoms with Crippen molar-refractivity contribution in [1.29, 1.82) is 0 Å². The summed E-state index contributed by atoms with van der Waals surface area (Å²) < 4.78 is 0. The van der Waals surface area contributed by atoms with Crippen molar-refractivity contribution >= 4 is 11.8 Å². The molecular weight excluding hydrogens is 268 g/mol. The predicted octanol–water partition coefficient (Wildman–Crippen LogP) is 1.13. The second kappa shape index (κ2) is 9.12. The van der Waals surface area contributed by atoms with Gasteiger partial charge in [0.15, 0.2) is 5.84 Å². The smallest absolute Gasteiger partial charge is 0.225 e. The van der Waals surface area contributed by atoms with E-state index in [0.29, 0.717) is 11.6 Å². The molecule has 0 saturated heterocycles. The van der Waals surface area contributed by atoms with E-state index in [1.165, 1.54) is 0 Å². The molecule has 7 nitrogen and oxygen atoms in total. The van der Waals surface area contributed by atoms with Gasteiger partial charge in [-0.2, -0.15) is 0 Å². The third-order valence-corrected chi connectivity index (χ3v) is 3.47. The Morgan fingerprint density at radius 2 is 1.95 bits per heavy atom. The van der Waals surface area contributed by atoms with Crippen molar-refractivity contribution in [2.24, 2.45) is 10.9 Å². The highest BCUT2D eigenvalue weighted by atomic mass is 16.4. The van der Waals surface area contributed by atoms with Crippen molar-refractivity contribution in [3.63, 3.8) is 0 Å². The topological polar surface area (TPSA) is 90.9 Å². The average Bonchev–Trinajstić information content (AvgIpc) is 2.54. The fraction of sp³-hybridized carbons (Fsp3) is 0.643. The van der Waals surface area contributed by atoms with E-state index in [1.54, 1.807) is 12.3 Å². The van der Waals surface area contributed by atoms with E-state index in [0.717, 1.165) is 39.1 Å². The number of nitrogens with two attached hydrogens (primary N) is 1. The maximum Gasteiger partial charge on any atom is 0.225 e. The van der Waals surface area contributed by atoms with E-state index >= 15 is 0 Å². The summed E-state index contributed by atoms with van der Waals surface area (Å²) in [5.41, 5.74) is 6.00. The fourth-order valence-electron chi connectivity index (χ4n) is 2.12. The monoisotopic (exact) mass is 294 g/mol. The molecule has 0 amide bonds. The second-order valence-electron chi connectivity index (χ2n) is 4.69. The summed E-state index contributed by atoms with van der Waals surface area (Å²) in [6, 6.07) is 1.63. The highest BCUT2D eigenvalue weighted by molar-refractivity contribution is 5.95. The molecule has 0 atom stereocenters. The molecule has 21 heavy (non-hydrogen) atoms. The molecular formula is C14H26N6O. The van der Waals surface area contributed by atoms with Crippen LogP contribution in [0.2, 0.25) is 0 Å². The van der Waals surface area contributed by atoms with Gasteiger partial charge in [-0.05, 0) is 39.0 Å². The summed E-state index contributed by atoms with van der Waals surface area (Å²) in [6.07, 6.45) is 2.68. The minimum absolute atomic E-state index is 0.00200. The van der Waals surface area contributed by atoms with E-state index in [4.69, 9.17) is 10.9 Å². The zero-order valence-corrected chi connectivity index (χ0v) is 13.2. The summed E-state index contributed by atoms with van der Waals surface area (Å²) in [5.74, 6) is 0.610. The first kappa shape index (κ1) is 17.2. The minimum Gasteiger partial charge on any atom is -0.409 e. The molecule has 0 spiro atoms. The number of nitrogens with zero attached hydrogens (tertiary/aromatic N) is 5. The molecule has 0 aromatic carbocycles. The molecule has 1 aromatic heterocycles. The Morgan fingerprint density at radius 3 is 2.52 bits per heavy atom. The van der Waals surface area contributed by atoms with Crippen molar-refractivity contribution in [3.05, 3.63) is 18.0 Å². The summed E-state index contributed by atoms with van der Waals surface area (Å²) in [5, 5.41) is 11.7. The molecule has 0 bridgehead atoms. The Labute approximate surface area is 126 Å². The van der Waals surface area contributed by atoms with Gasteiger partial charge < -0.3 is 20.7 Å². The van der Waals surface area contributed by atoms with Crippen LogP contribution in [-0.2, 0) is 0 Å². The van der Waals surface area contributed by atoms with Crippen LogP contribution in [0.3, 0.4) is 0 Å². The van der Waals surface area contributed by atoms with Gasteiger partial charge in [-0.15, -0.1) is 0 Å². The fourth-order valence-corrected chi connectivity index (χ4v) is 2.12. The van der Waals surface area contributed by atoms with Gasteiger partial charge in [-0.25, -0.2) is 9.97 Å². The molecule has 0 unspecified atom stereocenters. The molecule has 0 saturated carbocycles. The van der Waals surface area contributed by atoms with Crippen molar-refractivity contribution in [3.8, 4) is 0 Å². The largest absolute Gasteiger partial charge is 0.409 e. The number of hydrogen-bond acceptors (Lipinski definition) is 6. The van der Waals surface area contributed by atoms with Crippen molar-refractivity contribution in [2.75, 3.05) is 37.6 Å². The molecule has 0 aliphatic heterocycles. The Hall–Kier alpha value is -1.89. The van der Waals surface area contributed by atoms with Crippen LogP contribution in [-0.4, -0.2) is 58.6 Å². The van der Waals surface area contributed by atoms with Gasteiger partial charge in [-0.3, -0.25) is 0 Å². The summed E-state index contributed by atoms with van der Waals surface area (Å²) in [7, 11) is 0.